The summed E-state index contributed by atoms with van der Waals surface area (Å²) in [6.45, 7) is 3.74. The molecular formula is C26H26Cl2N2O4. The van der Waals surface area contributed by atoms with Crippen LogP contribution in [0, 0.1) is 0 Å². The van der Waals surface area contributed by atoms with Crippen LogP contribution in [0.5, 0.6) is 5.75 Å². The first kappa shape index (κ1) is 24.2. The zero-order valence-electron chi connectivity index (χ0n) is 18.9. The van der Waals surface area contributed by atoms with Gasteiger partial charge in [0.2, 0.25) is 0 Å². The van der Waals surface area contributed by atoms with Gasteiger partial charge in [0.1, 0.15) is 12.4 Å². The van der Waals surface area contributed by atoms with E-state index in [1.54, 1.807) is 12.1 Å². The molecule has 0 unspecified atom stereocenters. The lowest BCUT2D eigenvalue weighted by Crippen LogP contribution is -2.37. The second-order valence-electron chi connectivity index (χ2n) is 7.84. The molecule has 1 fully saturated rings. The number of hydrogen-bond acceptors (Lipinski definition) is 6. The number of methoxy groups -OCH3 is 1. The maximum Gasteiger partial charge on any atom is 0.340 e. The molecule has 0 atom stereocenters. The molecule has 0 bridgehead atoms. The molecule has 0 aliphatic carbocycles. The third-order valence-electron chi connectivity index (χ3n) is 5.58. The van der Waals surface area contributed by atoms with Gasteiger partial charge in [-0.15, -0.1) is 0 Å². The summed E-state index contributed by atoms with van der Waals surface area (Å²) in [5, 5.41) is 4.56. The Labute approximate surface area is 209 Å². The molecule has 1 aliphatic heterocycles. The van der Waals surface area contributed by atoms with Crippen molar-refractivity contribution in [2.45, 2.75) is 13.2 Å². The summed E-state index contributed by atoms with van der Waals surface area (Å²) in [6, 6.07) is 19.0. The molecule has 0 radical (unpaired) electrons. The first-order valence-electron chi connectivity index (χ1n) is 11.0. The third-order valence-corrected chi connectivity index (χ3v) is 6.17. The molecule has 0 aromatic heterocycles. The molecule has 0 spiro atoms. The van der Waals surface area contributed by atoms with Crippen LogP contribution in [0.4, 0.5) is 11.4 Å². The minimum atomic E-state index is -0.354. The van der Waals surface area contributed by atoms with Crippen LogP contribution in [-0.4, -0.2) is 39.4 Å². The van der Waals surface area contributed by atoms with Gasteiger partial charge in [-0.3, -0.25) is 0 Å². The number of esters is 1. The molecule has 0 amide bonds. The maximum atomic E-state index is 12.4. The Morgan fingerprint density at radius 3 is 2.50 bits per heavy atom. The van der Waals surface area contributed by atoms with Crippen molar-refractivity contribution in [1.29, 1.82) is 0 Å². The molecule has 1 aliphatic rings. The first-order valence-corrected chi connectivity index (χ1v) is 11.7. The van der Waals surface area contributed by atoms with Crippen molar-refractivity contribution in [1.82, 2.24) is 0 Å². The number of ether oxygens (including phenoxy) is 3. The van der Waals surface area contributed by atoms with Gasteiger partial charge < -0.3 is 24.4 Å². The van der Waals surface area contributed by atoms with Crippen molar-refractivity contribution in [3.05, 3.63) is 87.4 Å². The molecule has 1 N–H and O–H groups in total. The van der Waals surface area contributed by atoms with Crippen molar-refractivity contribution in [2.75, 3.05) is 43.6 Å². The number of morpholine rings is 1. The van der Waals surface area contributed by atoms with Gasteiger partial charge in [0.15, 0.2) is 0 Å². The minimum absolute atomic E-state index is 0.354. The fourth-order valence-corrected chi connectivity index (χ4v) is 4.17. The molecule has 6 nitrogen and oxygen atoms in total. The van der Waals surface area contributed by atoms with Crippen LogP contribution in [0.25, 0.3) is 0 Å². The van der Waals surface area contributed by atoms with Crippen molar-refractivity contribution in [3.8, 4) is 5.75 Å². The molecule has 3 aromatic rings. The smallest absolute Gasteiger partial charge is 0.340 e. The Hall–Kier alpha value is -2.93. The van der Waals surface area contributed by atoms with E-state index in [2.05, 4.69) is 10.2 Å². The van der Waals surface area contributed by atoms with Gasteiger partial charge >= 0.3 is 5.97 Å². The largest absolute Gasteiger partial charge is 0.489 e. The van der Waals surface area contributed by atoms with Gasteiger partial charge in [-0.05, 0) is 48.0 Å². The van der Waals surface area contributed by atoms with Gasteiger partial charge in [-0.1, -0.05) is 41.4 Å². The van der Waals surface area contributed by atoms with Crippen molar-refractivity contribution in [3.63, 3.8) is 0 Å². The van der Waals surface area contributed by atoms with Gasteiger partial charge in [0, 0.05) is 40.9 Å². The first-order chi connectivity index (χ1) is 16.5. The summed E-state index contributed by atoms with van der Waals surface area (Å²) < 4.78 is 16.3. The number of carbonyl (C=O) groups is 1. The number of rotatable bonds is 8. The van der Waals surface area contributed by atoms with E-state index in [0.29, 0.717) is 42.0 Å². The highest BCUT2D eigenvalue weighted by atomic mass is 35.5. The van der Waals surface area contributed by atoms with Crippen LogP contribution in [-0.2, 0) is 22.6 Å². The molecule has 1 heterocycles. The van der Waals surface area contributed by atoms with Crippen molar-refractivity contribution >= 4 is 40.5 Å². The monoisotopic (exact) mass is 500 g/mol. The topological polar surface area (TPSA) is 60.0 Å². The van der Waals surface area contributed by atoms with E-state index in [4.69, 9.17) is 37.4 Å². The summed E-state index contributed by atoms with van der Waals surface area (Å²) in [6.07, 6.45) is 0. The second-order valence-corrected chi connectivity index (χ2v) is 8.69. The van der Waals surface area contributed by atoms with E-state index in [0.717, 1.165) is 41.3 Å². The number of nitrogens with zero attached hydrogens (tertiary/aromatic N) is 1. The quantitative estimate of drug-likeness (QED) is 0.394. The second kappa shape index (κ2) is 11.5. The molecule has 34 heavy (non-hydrogen) atoms. The van der Waals surface area contributed by atoms with Crippen LogP contribution in [0.2, 0.25) is 10.0 Å². The molecule has 3 aromatic carbocycles. The van der Waals surface area contributed by atoms with E-state index in [1.807, 2.05) is 48.5 Å². The number of nitrogens with one attached hydrogen (secondary N) is 1. The van der Waals surface area contributed by atoms with Gasteiger partial charge in [0.25, 0.3) is 0 Å². The summed E-state index contributed by atoms with van der Waals surface area (Å²) in [4.78, 5) is 14.6. The van der Waals surface area contributed by atoms with Crippen LogP contribution in [0.15, 0.2) is 60.7 Å². The van der Waals surface area contributed by atoms with Crippen LogP contribution in [0.1, 0.15) is 21.5 Å². The van der Waals surface area contributed by atoms with E-state index >= 15 is 0 Å². The van der Waals surface area contributed by atoms with Crippen molar-refractivity contribution in [2.24, 2.45) is 0 Å². The number of hydrogen-bond donors (Lipinski definition) is 1. The fraction of sp³-hybridized carbons (Fsp3) is 0.269. The predicted molar refractivity (Wildman–Crippen MR) is 135 cm³/mol. The van der Waals surface area contributed by atoms with Crippen LogP contribution in [0.3, 0.4) is 0 Å². The summed E-state index contributed by atoms with van der Waals surface area (Å²) in [7, 11) is 1.40. The van der Waals surface area contributed by atoms with E-state index < -0.39 is 0 Å². The van der Waals surface area contributed by atoms with Crippen LogP contribution < -0.4 is 15.0 Å². The van der Waals surface area contributed by atoms with E-state index in [9.17, 15) is 4.79 Å². The summed E-state index contributed by atoms with van der Waals surface area (Å²) >= 11 is 12.1. The number of anilines is 2. The van der Waals surface area contributed by atoms with Crippen molar-refractivity contribution < 1.29 is 19.0 Å². The van der Waals surface area contributed by atoms with Gasteiger partial charge in [0.05, 0.1) is 31.6 Å². The Kier molecular flexibility index (Phi) is 8.16. The molecule has 4 rings (SSSR count). The Morgan fingerprint density at radius 1 is 1.03 bits per heavy atom. The third kappa shape index (κ3) is 6.14. The molecule has 1 saturated heterocycles. The molecule has 178 valence electrons. The standard InChI is InChI=1S/C26H26Cl2N2O4/c1-32-26(31)23-15-21(6-9-25(23)30-10-12-33-13-11-30)29-16-18-2-7-22(8-3-18)34-17-19-4-5-20(27)14-24(19)28/h2-9,14-15,29H,10-13,16-17H2,1H3. The summed E-state index contributed by atoms with van der Waals surface area (Å²) in [5.41, 5.74) is 4.20. The lowest BCUT2D eigenvalue weighted by atomic mass is 10.1. The molecule has 8 heteroatoms. The maximum absolute atomic E-state index is 12.4. The number of halogens is 2. The lowest BCUT2D eigenvalue weighted by Gasteiger charge is -2.30. The average Bonchev–Trinajstić information content (AvgIpc) is 2.87. The van der Waals surface area contributed by atoms with Gasteiger partial charge in [-0.25, -0.2) is 4.79 Å². The minimum Gasteiger partial charge on any atom is -0.489 e. The zero-order valence-corrected chi connectivity index (χ0v) is 20.4. The van der Waals surface area contributed by atoms with Crippen LogP contribution >= 0.6 is 23.2 Å². The molecular weight excluding hydrogens is 475 g/mol. The fourth-order valence-electron chi connectivity index (χ4n) is 3.71. The highest BCUT2D eigenvalue weighted by Crippen LogP contribution is 2.27. The van der Waals surface area contributed by atoms with E-state index in [-0.39, 0.29) is 5.97 Å². The Bertz CT molecular complexity index is 1130. The predicted octanol–water partition coefficient (Wildman–Crippen LogP) is 5.81. The number of carbonyl (C=O) groups excluding carboxylic acids is 1. The SMILES string of the molecule is COC(=O)c1cc(NCc2ccc(OCc3ccc(Cl)cc3Cl)cc2)ccc1N1CCOCC1. The van der Waals surface area contributed by atoms with Gasteiger partial charge in [-0.2, -0.15) is 0 Å². The highest BCUT2D eigenvalue weighted by Gasteiger charge is 2.20. The highest BCUT2D eigenvalue weighted by molar-refractivity contribution is 6.35. The zero-order chi connectivity index (χ0) is 23.9. The average molecular weight is 501 g/mol. The van der Waals surface area contributed by atoms with E-state index in [1.165, 1.54) is 7.11 Å². The number of benzene rings is 3. The normalized spacial score (nSPS) is 13.4. The Balaban J connectivity index is 1.37. The molecule has 0 saturated carbocycles. The lowest BCUT2D eigenvalue weighted by molar-refractivity contribution is 0.0600. The summed E-state index contributed by atoms with van der Waals surface area (Å²) in [5.74, 6) is 0.394. The Morgan fingerprint density at radius 2 is 1.79 bits per heavy atom.